The molecule has 0 spiro atoms. The molecule has 2 rings (SSSR count). The molecule has 0 unspecified atom stereocenters. The molecule has 1 aromatic rings. The summed E-state index contributed by atoms with van der Waals surface area (Å²) in [7, 11) is 0. The molecule has 0 aromatic carbocycles. The number of nitrogens with two attached hydrogens (primary N) is 1. The van der Waals surface area contributed by atoms with E-state index >= 15 is 0 Å². The molecule has 1 aromatic heterocycles. The number of hydrogen-bond acceptors (Lipinski definition) is 5. The lowest BCUT2D eigenvalue weighted by Gasteiger charge is -2.10. The molecular formula is C11H16N4O. The minimum atomic E-state index is 0.302. The van der Waals surface area contributed by atoms with Crippen molar-refractivity contribution in [3.8, 4) is 0 Å². The molecule has 86 valence electrons. The largest absolute Gasteiger partial charge is 0.381 e. The second kappa shape index (κ2) is 4.94. The Bertz CT molecular complexity index is 374. The van der Waals surface area contributed by atoms with E-state index in [0.29, 0.717) is 18.4 Å². The highest BCUT2D eigenvalue weighted by atomic mass is 16.5. The van der Waals surface area contributed by atoms with Crippen molar-refractivity contribution in [3.05, 3.63) is 24.4 Å². The van der Waals surface area contributed by atoms with Crippen molar-refractivity contribution in [1.82, 2.24) is 9.97 Å². The molecule has 1 fully saturated rings. The topological polar surface area (TPSA) is 73.1 Å². The van der Waals surface area contributed by atoms with E-state index in [1.807, 2.05) is 6.07 Å². The Morgan fingerprint density at radius 1 is 1.62 bits per heavy atom. The second-order valence-electron chi connectivity index (χ2n) is 3.77. The fourth-order valence-electron chi connectivity index (χ4n) is 1.73. The summed E-state index contributed by atoms with van der Waals surface area (Å²) in [5.41, 5.74) is 6.63. The van der Waals surface area contributed by atoms with Crippen LogP contribution in [0.25, 0.3) is 0 Å². The van der Waals surface area contributed by atoms with Gasteiger partial charge in [0, 0.05) is 25.1 Å². The third-order valence-corrected chi connectivity index (χ3v) is 2.54. The first-order chi connectivity index (χ1) is 7.79. The quantitative estimate of drug-likeness (QED) is 0.745. The Hall–Kier alpha value is -1.62. The van der Waals surface area contributed by atoms with Gasteiger partial charge in [0.05, 0.1) is 12.3 Å². The van der Waals surface area contributed by atoms with Gasteiger partial charge in [-0.2, -0.15) is 4.98 Å². The molecule has 0 amide bonds. The third kappa shape index (κ3) is 2.49. The van der Waals surface area contributed by atoms with E-state index in [1.165, 1.54) is 0 Å². The van der Waals surface area contributed by atoms with E-state index in [4.69, 9.17) is 10.5 Å². The van der Waals surface area contributed by atoms with Gasteiger partial charge in [0.15, 0.2) is 0 Å². The van der Waals surface area contributed by atoms with E-state index in [9.17, 15) is 0 Å². The summed E-state index contributed by atoms with van der Waals surface area (Å²) in [6.07, 6.45) is 2.77. The molecular weight excluding hydrogens is 204 g/mol. The monoisotopic (exact) mass is 220 g/mol. The average molecular weight is 220 g/mol. The summed E-state index contributed by atoms with van der Waals surface area (Å²) in [5, 5.41) is 3.11. The summed E-state index contributed by atoms with van der Waals surface area (Å²) in [6.45, 7) is 5.82. The standard InChI is InChI=1S/C11H16N4O/c1-2-4-13-10-6-9(14-11(12)15-10)8-3-5-16-7-8/h2,6,8H,1,3-5,7H2,(H3,12,13,14,15)/t8-/m0/s1. The SMILES string of the molecule is C=CCNc1cc([C@H]2CCOC2)nc(N)n1. The summed E-state index contributed by atoms with van der Waals surface area (Å²) in [5.74, 6) is 1.39. The van der Waals surface area contributed by atoms with Crippen molar-refractivity contribution in [2.24, 2.45) is 0 Å². The Balaban J connectivity index is 2.17. The zero-order valence-electron chi connectivity index (χ0n) is 9.15. The molecule has 1 saturated heterocycles. The van der Waals surface area contributed by atoms with Gasteiger partial charge >= 0.3 is 0 Å². The lowest BCUT2D eigenvalue weighted by molar-refractivity contribution is 0.193. The van der Waals surface area contributed by atoms with Crippen molar-refractivity contribution in [2.75, 3.05) is 30.8 Å². The first-order valence-corrected chi connectivity index (χ1v) is 5.36. The number of nitrogen functional groups attached to an aromatic ring is 1. The molecule has 16 heavy (non-hydrogen) atoms. The predicted octanol–water partition coefficient (Wildman–Crippen LogP) is 1.16. The fraction of sp³-hybridized carbons (Fsp3) is 0.455. The highest BCUT2D eigenvalue weighted by molar-refractivity contribution is 5.42. The van der Waals surface area contributed by atoms with Crippen LogP contribution in [0.2, 0.25) is 0 Å². The molecule has 1 aliphatic rings. The highest BCUT2D eigenvalue weighted by Gasteiger charge is 2.20. The number of anilines is 2. The normalized spacial score (nSPS) is 19.6. The zero-order valence-corrected chi connectivity index (χ0v) is 9.15. The van der Waals surface area contributed by atoms with Crippen molar-refractivity contribution in [1.29, 1.82) is 0 Å². The number of aromatic nitrogens is 2. The number of ether oxygens (including phenoxy) is 1. The van der Waals surface area contributed by atoms with Crippen molar-refractivity contribution < 1.29 is 4.74 Å². The van der Waals surface area contributed by atoms with Gasteiger partial charge in [-0.05, 0) is 6.42 Å². The summed E-state index contributed by atoms with van der Waals surface area (Å²) in [6, 6.07) is 1.93. The number of rotatable bonds is 4. The van der Waals surface area contributed by atoms with Crippen molar-refractivity contribution >= 4 is 11.8 Å². The van der Waals surface area contributed by atoms with Crippen LogP contribution in [0.3, 0.4) is 0 Å². The molecule has 0 saturated carbocycles. The van der Waals surface area contributed by atoms with Gasteiger partial charge in [0.1, 0.15) is 5.82 Å². The van der Waals surface area contributed by atoms with Crippen LogP contribution >= 0.6 is 0 Å². The summed E-state index contributed by atoms with van der Waals surface area (Å²) < 4.78 is 5.33. The molecule has 0 bridgehead atoms. The van der Waals surface area contributed by atoms with Crippen LogP contribution in [-0.4, -0.2) is 29.7 Å². The van der Waals surface area contributed by atoms with Crippen LogP contribution in [-0.2, 0) is 4.74 Å². The number of nitrogens with one attached hydrogen (secondary N) is 1. The number of hydrogen-bond donors (Lipinski definition) is 2. The van der Waals surface area contributed by atoms with Gasteiger partial charge < -0.3 is 15.8 Å². The van der Waals surface area contributed by atoms with Crippen LogP contribution in [0.15, 0.2) is 18.7 Å². The Kier molecular flexibility index (Phi) is 3.36. The first kappa shape index (κ1) is 10.9. The Morgan fingerprint density at radius 2 is 2.50 bits per heavy atom. The third-order valence-electron chi connectivity index (χ3n) is 2.54. The van der Waals surface area contributed by atoms with Crippen LogP contribution in [0.5, 0.6) is 0 Å². The molecule has 2 heterocycles. The summed E-state index contributed by atoms with van der Waals surface area (Å²) >= 11 is 0. The van der Waals surface area contributed by atoms with Gasteiger partial charge in [-0.1, -0.05) is 6.08 Å². The van der Waals surface area contributed by atoms with Gasteiger partial charge in [0.25, 0.3) is 0 Å². The smallest absolute Gasteiger partial charge is 0.222 e. The van der Waals surface area contributed by atoms with Crippen LogP contribution in [0.4, 0.5) is 11.8 Å². The average Bonchev–Trinajstić information content (AvgIpc) is 2.79. The Morgan fingerprint density at radius 3 is 3.19 bits per heavy atom. The first-order valence-electron chi connectivity index (χ1n) is 5.36. The molecule has 5 nitrogen and oxygen atoms in total. The van der Waals surface area contributed by atoms with Crippen LogP contribution in [0.1, 0.15) is 18.0 Å². The predicted molar refractivity (Wildman–Crippen MR) is 63.3 cm³/mol. The molecule has 5 heteroatoms. The molecule has 0 radical (unpaired) electrons. The minimum absolute atomic E-state index is 0.302. The molecule has 3 N–H and O–H groups in total. The van der Waals surface area contributed by atoms with Crippen molar-refractivity contribution in [3.63, 3.8) is 0 Å². The molecule has 1 aliphatic heterocycles. The van der Waals surface area contributed by atoms with Crippen molar-refractivity contribution in [2.45, 2.75) is 12.3 Å². The minimum Gasteiger partial charge on any atom is -0.381 e. The van der Waals surface area contributed by atoms with Gasteiger partial charge in [-0.25, -0.2) is 4.98 Å². The lowest BCUT2D eigenvalue weighted by Crippen LogP contribution is -2.09. The van der Waals surface area contributed by atoms with E-state index < -0.39 is 0 Å². The van der Waals surface area contributed by atoms with Gasteiger partial charge in [0.2, 0.25) is 5.95 Å². The zero-order chi connectivity index (χ0) is 11.4. The van der Waals surface area contributed by atoms with Crippen LogP contribution in [0, 0.1) is 0 Å². The number of nitrogens with zero attached hydrogens (tertiary/aromatic N) is 2. The van der Waals surface area contributed by atoms with E-state index in [2.05, 4.69) is 21.9 Å². The molecule has 1 atom stereocenters. The maximum atomic E-state index is 5.67. The summed E-state index contributed by atoms with van der Waals surface area (Å²) in [4.78, 5) is 8.35. The van der Waals surface area contributed by atoms with Gasteiger partial charge in [-0.15, -0.1) is 6.58 Å². The molecule has 0 aliphatic carbocycles. The highest BCUT2D eigenvalue weighted by Crippen LogP contribution is 2.25. The fourth-order valence-corrected chi connectivity index (χ4v) is 1.73. The maximum Gasteiger partial charge on any atom is 0.222 e. The van der Waals surface area contributed by atoms with Gasteiger partial charge in [-0.3, -0.25) is 0 Å². The Labute approximate surface area is 94.7 Å². The van der Waals surface area contributed by atoms with E-state index in [0.717, 1.165) is 31.1 Å². The maximum absolute atomic E-state index is 5.67. The van der Waals surface area contributed by atoms with E-state index in [-0.39, 0.29) is 0 Å². The second-order valence-corrected chi connectivity index (χ2v) is 3.77. The van der Waals surface area contributed by atoms with E-state index in [1.54, 1.807) is 6.08 Å². The van der Waals surface area contributed by atoms with Crippen LogP contribution < -0.4 is 11.1 Å². The lowest BCUT2D eigenvalue weighted by atomic mass is 10.0.